The first-order valence-electron chi connectivity index (χ1n) is 11.6. The van der Waals surface area contributed by atoms with Crippen LogP contribution in [0.15, 0.2) is 12.2 Å². The first-order valence-corrected chi connectivity index (χ1v) is 11.6. The summed E-state index contributed by atoms with van der Waals surface area (Å²) in [5.41, 5.74) is 0. The molecule has 0 aromatic carbocycles. The van der Waals surface area contributed by atoms with Crippen LogP contribution in [0, 0.1) is 11.8 Å². The van der Waals surface area contributed by atoms with Gasteiger partial charge < -0.3 is 10.0 Å². The van der Waals surface area contributed by atoms with Gasteiger partial charge in [0.2, 0.25) is 5.91 Å². The first-order chi connectivity index (χ1) is 13.5. The van der Waals surface area contributed by atoms with E-state index in [-0.39, 0.29) is 5.91 Å². The highest BCUT2D eigenvalue weighted by molar-refractivity contribution is 5.86. The van der Waals surface area contributed by atoms with E-state index in [1.807, 2.05) is 11.8 Å². The van der Waals surface area contributed by atoms with Gasteiger partial charge in [-0.2, -0.15) is 0 Å². The van der Waals surface area contributed by atoms with E-state index in [4.69, 9.17) is 0 Å². The van der Waals surface area contributed by atoms with Gasteiger partial charge in [0.05, 0.1) is 11.8 Å². The number of hydrogen-bond acceptors (Lipinski definition) is 2. The smallest absolute Gasteiger partial charge is 0.307 e. The molecular formula is C24H45NO3. The number of aliphatic carboxylic acids is 1. The fraction of sp³-hybridized carbons (Fsp3) is 0.833. The molecule has 0 heterocycles. The van der Waals surface area contributed by atoms with Gasteiger partial charge in [-0.1, -0.05) is 97.1 Å². The molecule has 1 N–H and O–H groups in total. The maximum absolute atomic E-state index is 13.1. The van der Waals surface area contributed by atoms with Crippen LogP contribution < -0.4 is 0 Å². The average Bonchev–Trinajstić information content (AvgIpc) is 2.68. The van der Waals surface area contributed by atoms with Gasteiger partial charge in [-0.3, -0.25) is 9.59 Å². The Kier molecular flexibility index (Phi) is 16.9. The lowest BCUT2D eigenvalue weighted by Crippen LogP contribution is -2.40. The number of amides is 1. The molecule has 1 unspecified atom stereocenters. The molecule has 0 aliphatic rings. The number of hydrogen-bond donors (Lipinski definition) is 1. The largest absolute Gasteiger partial charge is 0.481 e. The van der Waals surface area contributed by atoms with E-state index in [1.165, 1.54) is 51.4 Å². The lowest BCUT2D eigenvalue weighted by atomic mass is 9.92. The second kappa shape index (κ2) is 17.8. The number of carbonyl (C=O) groups excluding carboxylic acids is 1. The Balaban J connectivity index is 4.76. The third-order valence-corrected chi connectivity index (χ3v) is 5.49. The van der Waals surface area contributed by atoms with E-state index in [1.54, 1.807) is 19.1 Å². The quantitative estimate of drug-likeness (QED) is 0.214. The van der Waals surface area contributed by atoms with Crippen LogP contribution in [-0.2, 0) is 9.59 Å². The number of carboxylic acids is 1. The normalized spacial score (nSPS) is 13.6. The third-order valence-electron chi connectivity index (χ3n) is 5.49. The summed E-state index contributed by atoms with van der Waals surface area (Å²) >= 11 is 0. The number of carboxylic acid groups (broad SMARTS) is 1. The molecule has 4 nitrogen and oxygen atoms in total. The van der Waals surface area contributed by atoms with Crippen molar-refractivity contribution in [1.29, 1.82) is 0 Å². The van der Waals surface area contributed by atoms with Gasteiger partial charge in [-0.05, 0) is 19.8 Å². The summed E-state index contributed by atoms with van der Waals surface area (Å²) in [5.74, 6) is -2.19. The van der Waals surface area contributed by atoms with Crippen molar-refractivity contribution < 1.29 is 14.7 Å². The maximum Gasteiger partial charge on any atom is 0.307 e. The zero-order chi connectivity index (χ0) is 21.2. The molecule has 2 atom stereocenters. The molecule has 0 fully saturated rings. The van der Waals surface area contributed by atoms with Crippen molar-refractivity contribution in [2.45, 2.75) is 105 Å². The van der Waals surface area contributed by atoms with E-state index in [2.05, 4.69) is 13.8 Å². The average molecular weight is 396 g/mol. The summed E-state index contributed by atoms with van der Waals surface area (Å²) in [6.45, 7) is 9.41. The van der Waals surface area contributed by atoms with Gasteiger partial charge in [-0.15, -0.1) is 0 Å². The van der Waals surface area contributed by atoms with Crippen LogP contribution in [0.5, 0.6) is 0 Å². The van der Waals surface area contributed by atoms with E-state index >= 15 is 0 Å². The monoisotopic (exact) mass is 395 g/mol. The summed E-state index contributed by atoms with van der Waals surface area (Å²) in [6.07, 6.45) is 17.9. The van der Waals surface area contributed by atoms with Crippen molar-refractivity contribution in [2.24, 2.45) is 11.8 Å². The number of unbranched alkanes of at least 4 members (excludes halogenated alkanes) is 10. The first kappa shape index (κ1) is 26.7. The molecule has 0 rings (SSSR count). The van der Waals surface area contributed by atoms with Gasteiger partial charge in [0.15, 0.2) is 0 Å². The number of rotatable bonds is 18. The predicted octanol–water partition coefficient (Wildman–Crippen LogP) is 6.45. The van der Waals surface area contributed by atoms with Gasteiger partial charge in [0, 0.05) is 13.1 Å². The molecular weight excluding hydrogens is 350 g/mol. The van der Waals surface area contributed by atoms with E-state index in [9.17, 15) is 14.7 Å². The van der Waals surface area contributed by atoms with Crippen LogP contribution in [0.4, 0.5) is 0 Å². The molecule has 4 heteroatoms. The SMILES string of the molecule is C/C=C\C(C(=O)N(CCCCCCCC)CCCCCCCC)[C@H](C)C(=O)O. The molecule has 164 valence electrons. The Morgan fingerprint density at radius 1 is 0.821 bits per heavy atom. The lowest BCUT2D eigenvalue weighted by molar-refractivity contribution is -0.148. The molecule has 0 aliphatic carbocycles. The molecule has 0 bridgehead atoms. The molecule has 1 amide bonds. The Morgan fingerprint density at radius 3 is 1.64 bits per heavy atom. The highest BCUT2D eigenvalue weighted by Gasteiger charge is 2.30. The van der Waals surface area contributed by atoms with Gasteiger partial charge in [-0.25, -0.2) is 0 Å². The van der Waals surface area contributed by atoms with Crippen LogP contribution in [0.1, 0.15) is 105 Å². The van der Waals surface area contributed by atoms with Crippen molar-refractivity contribution in [3.8, 4) is 0 Å². The Labute approximate surface area is 173 Å². The minimum absolute atomic E-state index is 0.0184. The predicted molar refractivity (Wildman–Crippen MR) is 118 cm³/mol. The lowest BCUT2D eigenvalue weighted by Gasteiger charge is -2.28. The zero-order valence-corrected chi connectivity index (χ0v) is 18.9. The highest BCUT2D eigenvalue weighted by Crippen LogP contribution is 2.19. The molecule has 0 aromatic heterocycles. The summed E-state index contributed by atoms with van der Waals surface area (Å²) in [5, 5.41) is 9.40. The number of carbonyl (C=O) groups is 2. The van der Waals surface area contributed by atoms with Gasteiger partial charge in [0.1, 0.15) is 0 Å². The zero-order valence-electron chi connectivity index (χ0n) is 18.9. The Morgan fingerprint density at radius 2 is 1.25 bits per heavy atom. The topological polar surface area (TPSA) is 57.6 Å². The fourth-order valence-electron chi connectivity index (χ4n) is 3.53. The van der Waals surface area contributed by atoms with Crippen LogP contribution in [0.2, 0.25) is 0 Å². The summed E-state index contributed by atoms with van der Waals surface area (Å²) in [7, 11) is 0. The summed E-state index contributed by atoms with van der Waals surface area (Å²) in [4.78, 5) is 26.5. The van der Waals surface area contributed by atoms with Crippen molar-refractivity contribution in [1.82, 2.24) is 4.90 Å². The molecule has 0 saturated heterocycles. The minimum Gasteiger partial charge on any atom is -0.481 e. The fourth-order valence-corrected chi connectivity index (χ4v) is 3.53. The van der Waals surface area contributed by atoms with Crippen LogP contribution in [0.25, 0.3) is 0 Å². The van der Waals surface area contributed by atoms with E-state index < -0.39 is 17.8 Å². The van der Waals surface area contributed by atoms with Crippen molar-refractivity contribution in [3.05, 3.63) is 12.2 Å². The third kappa shape index (κ3) is 12.2. The molecule has 0 aliphatic heterocycles. The van der Waals surface area contributed by atoms with Crippen molar-refractivity contribution in [3.63, 3.8) is 0 Å². The second-order valence-corrected chi connectivity index (χ2v) is 8.04. The molecule has 0 spiro atoms. The molecule has 0 radical (unpaired) electrons. The summed E-state index contributed by atoms with van der Waals surface area (Å²) < 4.78 is 0. The number of allylic oxidation sites excluding steroid dienone is 1. The van der Waals surface area contributed by atoms with E-state index in [0.29, 0.717) is 0 Å². The van der Waals surface area contributed by atoms with Crippen molar-refractivity contribution >= 4 is 11.9 Å². The Bertz CT molecular complexity index is 418. The molecule has 0 saturated carbocycles. The summed E-state index contributed by atoms with van der Waals surface area (Å²) in [6, 6.07) is 0. The van der Waals surface area contributed by atoms with Crippen LogP contribution >= 0.6 is 0 Å². The minimum atomic E-state index is -0.907. The molecule has 0 aromatic rings. The maximum atomic E-state index is 13.1. The van der Waals surface area contributed by atoms with Crippen LogP contribution in [-0.4, -0.2) is 35.0 Å². The Hall–Kier alpha value is -1.32. The van der Waals surface area contributed by atoms with Crippen molar-refractivity contribution in [2.75, 3.05) is 13.1 Å². The van der Waals surface area contributed by atoms with Gasteiger partial charge in [0.25, 0.3) is 0 Å². The number of nitrogens with zero attached hydrogens (tertiary/aromatic N) is 1. The highest BCUT2D eigenvalue weighted by atomic mass is 16.4. The van der Waals surface area contributed by atoms with Crippen LogP contribution in [0.3, 0.4) is 0 Å². The van der Waals surface area contributed by atoms with Gasteiger partial charge >= 0.3 is 5.97 Å². The standard InChI is InChI=1S/C24H45NO3/c1-5-8-10-12-14-16-19-25(20-17-15-13-11-9-6-2)23(26)22(18-7-3)21(4)24(27)28/h7,18,21-22H,5-6,8-17,19-20H2,1-4H3,(H,27,28)/b18-7-/t21-,22?/m0/s1. The second-order valence-electron chi connectivity index (χ2n) is 8.04. The molecule has 28 heavy (non-hydrogen) atoms. The van der Waals surface area contributed by atoms with E-state index in [0.717, 1.165) is 38.8 Å².